The minimum absolute atomic E-state index is 0.306. The van der Waals surface area contributed by atoms with Crippen LogP contribution < -0.4 is 5.32 Å². The number of hydrogen-bond donors (Lipinski definition) is 1. The normalized spacial score (nSPS) is 21.1. The fraction of sp³-hybridized carbons (Fsp3) is 0.714. The molecule has 21 heavy (non-hydrogen) atoms. The molecule has 120 valence electrons. The summed E-state index contributed by atoms with van der Waals surface area (Å²) in [5.74, 6) is 0. The highest BCUT2D eigenvalue weighted by atomic mass is 32.2. The van der Waals surface area contributed by atoms with Gasteiger partial charge >= 0.3 is 0 Å². The summed E-state index contributed by atoms with van der Waals surface area (Å²) < 4.78 is 27.7. The molecule has 0 spiro atoms. The molecule has 1 aromatic heterocycles. The van der Waals surface area contributed by atoms with Crippen molar-refractivity contribution in [3.05, 3.63) is 15.8 Å². The van der Waals surface area contributed by atoms with E-state index >= 15 is 0 Å². The van der Waals surface area contributed by atoms with Crippen molar-refractivity contribution in [2.24, 2.45) is 0 Å². The lowest BCUT2D eigenvalue weighted by Crippen LogP contribution is -2.47. The van der Waals surface area contributed by atoms with E-state index in [1.54, 1.807) is 4.31 Å². The van der Waals surface area contributed by atoms with Crippen LogP contribution in [0.15, 0.2) is 10.3 Å². The van der Waals surface area contributed by atoms with Gasteiger partial charge in [0.2, 0.25) is 10.0 Å². The number of thiophene rings is 1. The quantitative estimate of drug-likeness (QED) is 0.888. The molecular weight excluding hydrogens is 306 g/mol. The maximum absolute atomic E-state index is 13.0. The van der Waals surface area contributed by atoms with Crippen LogP contribution in [-0.2, 0) is 16.6 Å². The second-order valence-corrected chi connectivity index (χ2v) is 8.66. The minimum atomic E-state index is -3.39. The third kappa shape index (κ3) is 3.48. The summed E-state index contributed by atoms with van der Waals surface area (Å²) in [4.78, 5) is 3.54. The summed E-state index contributed by atoms with van der Waals surface area (Å²) in [5, 5.41) is 5.00. The third-order valence-corrected chi connectivity index (χ3v) is 7.34. The Bertz CT molecular complexity index is 581. The Morgan fingerprint density at radius 2 is 2.19 bits per heavy atom. The van der Waals surface area contributed by atoms with E-state index in [0.717, 1.165) is 23.3 Å². The fourth-order valence-corrected chi connectivity index (χ4v) is 6.10. The molecule has 1 aliphatic heterocycles. The number of aryl methyl sites for hydroxylation is 1. The molecule has 1 aromatic rings. The molecule has 0 radical (unpaired) electrons. The standard InChI is InChI=1S/C14H25N3O2S2/c1-11-10-20-13(8-15-2)14(11)21(18,19)17-7-5-6-12(9-17)16(3)4/h10,12,15H,5-9H2,1-4H3. The van der Waals surface area contributed by atoms with E-state index in [9.17, 15) is 8.42 Å². The van der Waals surface area contributed by atoms with Gasteiger partial charge in [-0.2, -0.15) is 4.31 Å². The zero-order chi connectivity index (χ0) is 15.6. The van der Waals surface area contributed by atoms with Gasteiger partial charge in [-0.15, -0.1) is 11.3 Å². The SMILES string of the molecule is CNCc1scc(C)c1S(=O)(=O)N1CCCC(N(C)C)C1. The Hall–Kier alpha value is -0.470. The molecule has 0 saturated carbocycles. The number of likely N-dealkylation sites (N-methyl/N-ethyl adjacent to an activating group) is 1. The lowest BCUT2D eigenvalue weighted by Gasteiger charge is -2.35. The molecule has 0 bridgehead atoms. The van der Waals surface area contributed by atoms with Crippen molar-refractivity contribution in [2.75, 3.05) is 34.2 Å². The van der Waals surface area contributed by atoms with Crippen molar-refractivity contribution < 1.29 is 8.42 Å². The second kappa shape index (κ2) is 6.75. The summed E-state index contributed by atoms with van der Waals surface area (Å²) in [6, 6.07) is 0.306. The predicted octanol–water partition coefficient (Wildman–Crippen LogP) is 1.49. The van der Waals surface area contributed by atoms with Gasteiger partial charge in [-0.25, -0.2) is 8.42 Å². The van der Waals surface area contributed by atoms with Crippen LogP contribution >= 0.6 is 11.3 Å². The van der Waals surface area contributed by atoms with Gasteiger partial charge in [0.15, 0.2) is 0 Å². The monoisotopic (exact) mass is 331 g/mol. The summed E-state index contributed by atoms with van der Waals surface area (Å²) in [6.45, 7) is 3.69. The average molecular weight is 332 g/mol. The molecule has 0 amide bonds. The van der Waals surface area contributed by atoms with E-state index < -0.39 is 10.0 Å². The molecule has 1 fully saturated rings. The van der Waals surface area contributed by atoms with E-state index in [1.165, 1.54) is 11.3 Å². The van der Waals surface area contributed by atoms with Gasteiger partial charge in [-0.1, -0.05) is 0 Å². The van der Waals surface area contributed by atoms with Crippen LogP contribution in [0.4, 0.5) is 0 Å². The Morgan fingerprint density at radius 1 is 1.48 bits per heavy atom. The smallest absolute Gasteiger partial charge is 0.244 e. The number of sulfonamides is 1. The molecule has 1 atom stereocenters. The Balaban J connectivity index is 2.31. The molecule has 1 N–H and O–H groups in total. The molecule has 1 aliphatic rings. The van der Waals surface area contributed by atoms with Gasteiger partial charge in [0.05, 0.1) is 0 Å². The van der Waals surface area contributed by atoms with Gasteiger partial charge < -0.3 is 10.2 Å². The Morgan fingerprint density at radius 3 is 2.81 bits per heavy atom. The Kier molecular flexibility index (Phi) is 5.43. The first-order valence-electron chi connectivity index (χ1n) is 7.26. The highest BCUT2D eigenvalue weighted by molar-refractivity contribution is 7.89. The first-order valence-corrected chi connectivity index (χ1v) is 9.58. The van der Waals surface area contributed by atoms with Gasteiger partial charge in [0.1, 0.15) is 4.90 Å². The van der Waals surface area contributed by atoms with Crippen LogP contribution in [0.1, 0.15) is 23.3 Å². The number of piperidine rings is 1. The summed E-state index contributed by atoms with van der Waals surface area (Å²) in [5.41, 5.74) is 0.859. The van der Waals surface area contributed by atoms with Crippen molar-refractivity contribution in [1.29, 1.82) is 0 Å². The van der Waals surface area contributed by atoms with Crippen molar-refractivity contribution in [1.82, 2.24) is 14.5 Å². The van der Waals surface area contributed by atoms with Crippen molar-refractivity contribution >= 4 is 21.4 Å². The highest BCUT2D eigenvalue weighted by Gasteiger charge is 2.33. The van der Waals surface area contributed by atoms with Crippen LogP contribution in [0.5, 0.6) is 0 Å². The lowest BCUT2D eigenvalue weighted by molar-refractivity contribution is 0.190. The highest BCUT2D eigenvalue weighted by Crippen LogP contribution is 2.31. The van der Waals surface area contributed by atoms with E-state index in [4.69, 9.17) is 0 Å². The van der Waals surface area contributed by atoms with Crippen molar-refractivity contribution in [3.8, 4) is 0 Å². The summed E-state index contributed by atoms with van der Waals surface area (Å²) in [6.07, 6.45) is 1.98. The van der Waals surface area contributed by atoms with Crippen LogP contribution in [0.25, 0.3) is 0 Å². The van der Waals surface area contributed by atoms with Crippen LogP contribution in [0, 0.1) is 6.92 Å². The molecule has 5 nitrogen and oxygen atoms in total. The van der Waals surface area contributed by atoms with E-state index in [-0.39, 0.29) is 0 Å². The zero-order valence-electron chi connectivity index (χ0n) is 13.2. The van der Waals surface area contributed by atoms with Crippen molar-refractivity contribution in [2.45, 2.75) is 37.2 Å². The summed E-state index contributed by atoms with van der Waals surface area (Å²) >= 11 is 1.52. The molecule has 7 heteroatoms. The number of nitrogens with one attached hydrogen (secondary N) is 1. The van der Waals surface area contributed by atoms with Gasteiger partial charge in [-0.3, -0.25) is 0 Å². The maximum Gasteiger partial charge on any atom is 0.244 e. The predicted molar refractivity (Wildman–Crippen MR) is 87.3 cm³/mol. The number of hydrogen-bond acceptors (Lipinski definition) is 5. The lowest BCUT2D eigenvalue weighted by atomic mass is 10.1. The fourth-order valence-electron chi connectivity index (χ4n) is 2.81. The first-order chi connectivity index (χ1) is 9.87. The van der Waals surface area contributed by atoms with E-state index in [1.807, 2.05) is 33.4 Å². The van der Waals surface area contributed by atoms with Gasteiger partial charge in [0.25, 0.3) is 0 Å². The maximum atomic E-state index is 13.0. The van der Waals surface area contributed by atoms with Gasteiger partial charge in [0, 0.05) is 30.6 Å². The molecule has 0 aromatic carbocycles. The molecule has 0 aliphatic carbocycles. The molecular formula is C14H25N3O2S2. The van der Waals surface area contributed by atoms with E-state index in [2.05, 4.69) is 10.2 Å². The van der Waals surface area contributed by atoms with Gasteiger partial charge in [-0.05, 0) is 51.9 Å². The Labute approximate surface area is 132 Å². The largest absolute Gasteiger partial charge is 0.315 e. The van der Waals surface area contributed by atoms with Crippen molar-refractivity contribution in [3.63, 3.8) is 0 Å². The van der Waals surface area contributed by atoms with Crippen LogP contribution in [0.2, 0.25) is 0 Å². The average Bonchev–Trinajstić information content (AvgIpc) is 2.81. The summed E-state index contributed by atoms with van der Waals surface area (Å²) in [7, 11) is 2.48. The number of rotatable bonds is 5. The first kappa shape index (κ1) is 16.9. The zero-order valence-corrected chi connectivity index (χ0v) is 14.9. The molecule has 1 saturated heterocycles. The number of nitrogens with zero attached hydrogens (tertiary/aromatic N) is 2. The molecule has 2 heterocycles. The third-order valence-electron chi connectivity index (χ3n) is 4.01. The van der Waals surface area contributed by atoms with Crippen LogP contribution in [-0.4, -0.2) is 57.9 Å². The topological polar surface area (TPSA) is 52.7 Å². The van der Waals surface area contributed by atoms with E-state index in [0.29, 0.717) is 30.6 Å². The second-order valence-electron chi connectivity index (χ2n) is 5.82. The molecule has 1 unspecified atom stereocenters. The van der Waals surface area contributed by atoms with Crippen LogP contribution in [0.3, 0.4) is 0 Å². The minimum Gasteiger partial charge on any atom is -0.315 e. The molecule has 2 rings (SSSR count).